The van der Waals surface area contributed by atoms with Crippen LogP contribution >= 0.6 is 0 Å². The lowest BCUT2D eigenvalue weighted by Crippen LogP contribution is -3.00. The number of aromatic nitrogens is 1. The Hall–Kier alpha value is -0.850. The van der Waals surface area contributed by atoms with Crippen molar-refractivity contribution in [3.05, 3.63) is 24.5 Å². The number of nitrogens with zero attached hydrogens (tertiary/aromatic N) is 2. The van der Waals surface area contributed by atoms with Gasteiger partial charge in [-0.15, -0.1) is 0 Å². The average Bonchev–Trinajstić information content (AvgIpc) is 2.08. The maximum atomic E-state index is 11.1. The Bertz CT molecular complexity index is 298. The molecule has 0 atom stereocenters. The Morgan fingerprint density at radius 1 is 1.36 bits per heavy atom. The molecule has 78 valence electrons. The van der Waals surface area contributed by atoms with Gasteiger partial charge in [0.15, 0.2) is 12.4 Å². The van der Waals surface area contributed by atoms with Crippen LogP contribution < -0.4 is 33.3 Å². The lowest BCUT2D eigenvalue weighted by atomic mass is 10.4. The van der Waals surface area contributed by atoms with E-state index in [-0.39, 0.29) is 30.1 Å². The molecule has 1 heterocycles. The van der Waals surface area contributed by atoms with E-state index in [9.17, 15) is 4.79 Å². The normalized spacial score (nSPS) is 8.79. The summed E-state index contributed by atoms with van der Waals surface area (Å²) in [5.41, 5.74) is 0. The molecule has 0 saturated carbocycles. The van der Waals surface area contributed by atoms with Crippen LogP contribution in [0.25, 0.3) is 0 Å². The third-order valence-corrected chi connectivity index (χ3v) is 1.52. The van der Waals surface area contributed by atoms with Crippen LogP contribution in [0.5, 0.6) is 5.75 Å². The first kappa shape index (κ1) is 13.2. The van der Waals surface area contributed by atoms with Crippen molar-refractivity contribution in [3.63, 3.8) is 0 Å². The molecule has 0 aliphatic carbocycles. The summed E-state index contributed by atoms with van der Waals surface area (Å²) in [5.74, 6) is 0.553. The minimum Gasteiger partial charge on any atom is -1.00 e. The average molecular weight is 308 g/mol. The van der Waals surface area contributed by atoms with Crippen molar-refractivity contribution in [2.45, 2.75) is 0 Å². The van der Waals surface area contributed by atoms with Gasteiger partial charge in [-0.25, -0.2) is 9.36 Å². The van der Waals surface area contributed by atoms with Crippen molar-refractivity contribution in [2.24, 2.45) is 7.05 Å². The molecular weight excluding hydrogens is 295 g/mol. The summed E-state index contributed by atoms with van der Waals surface area (Å²) < 4.78 is 6.87. The number of ether oxygens (including phenoxy) is 1. The van der Waals surface area contributed by atoms with Crippen molar-refractivity contribution in [2.75, 3.05) is 14.1 Å². The Kier molecular flexibility index (Phi) is 5.44. The van der Waals surface area contributed by atoms with Crippen LogP contribution in [0.2, 0.25) is 0 Å². The van der Waals surface area contributed by atoms with Gasteiger partial charge in [-0.05, 0) is 0 Å². The molecule has 0 aliphatic rings. The minimum absolute atomic E-state index is 0. The van der Waals surface area contributed by atoms with Crippen LogP contribution in [0.3, 0.4) is 0 Å². The van der Waals surface area contributed by atoms with Crippen LogP contribution in [-0.4, -0.2) is 25.1 Å². The number of amides is 1. The quantitative estimate of drug-likeness (QED) is 0.427. The summed E-state index contributed by atoms with van der Waals surface area (Å²) in [5, 5.41) is 0. The van der Waals surface area contributed by atoms with E-state index in [1.54, 1.807) is 26.2 Å². The number of halogens is 1. The highest BCUT2D eigenvalue weighted by Gasteiger charge is 2.06. The molecule has 0 bridgehead atoms. The van der Waals surface area contributed by atoms with Crippen molar-refractivity contribution < 1.29 is 38.1 Å². The summed E-state index contributed by atoms with van der Waals surface area (Å²) in [4.78, 5) is 12.5. The highest BCUT2D eigenvalue weighted by molar-refractivity contribution is 5.69. The number of hydrogen-bond donors (Lipinski definition) is 0. The predicted molar refractivity (Wildman–Crippen MR) is 47.3 cm³/mol. The highest BCUT2D eigenvalue weighted by Crippen LogP contribution is 2.06. The molecule has 0 saturated heterocycles. The fourth-order valence-electron chi connectivity index (χ4n) is 0.747. The van der Waals surface area contributed by atoms with Gasteiger partial charge in [0.05, 0.1) is 0 Å². The Morgan fingerprint density at radius 2 is 1.86 bits per heavy atom. The standard InChI is InChI=1S/C9H13N2O2.HI/c1-10(2)9(12)13-8-4-6-11(3)7-5-8;/h4-7H,1-3H3;1H/q+1;/p-1. The SMILES string of the molecule is CN(C)C(=O)Oc1cc[n+](C)cc1.[I-]. The predicted octanol–water partition coefficient (Wildman–Crippen LogP) is -2.42. The third-order valence-electron chi connectivity index (χ3n) is 1.52. The molecule has 0 radical (unpaired) electrons. The maximum Gasteiger partial charge on any atom is 0.414 e. The van der Waals surface area contributed by atoms with Crippen LogP contribution in [0, 0.1) is 0 Å². The second kappa shape index (κ2) is 5.79. The zero-order valence-electron chi connectivity index (χ0n) is 8.40. The monoisotopic (exact) mass is 308 g/mol. The van der Waals surface area contributed by atoms with E-state index in [4.69, 9.17) is 4.74 Å². The first-order valence-corrected chi connectivity index (χ1v) is 3.94. The van der Waals surface area contributed by atoms with Crippen LogP contribution in [0.15, 0.2) is 24.5 Å². The lowest BCUT2D eigenvalue weighted by molar-refractivity contribution is -0.671. The number of carbonyl (C=O) groups is 1. The van der Waals surface area contributed by atoms with Crippen molar-refractivity contribution in [1.82, 2.24) is 4.90 Å². The Morgan fingerprint density at radius 3 is 2.29 bits per heavy atom. The van der Waals surface area contributed by atoms with E-state index < -0.39 is 0 Å². The summed E-state index contributed by atoms with van der Waals surface area (Å²) in [6, 6.07) is 3.48. The van der Waals surface area contributed by atoms with Gasteiger partial charge in [-0.1, -0.05) is 0 Å². The van der Waals surface area contributed by atoms with Crippen LogP contribution in [0.1, 0.15) is 0 Å². The van der Waals surface area contributed by atoms with Crippen molar-refractivity contribution >= 4 is 6.09 Å². The van der Waals surface area contributed by atoms with Gasteiger partial charge >= 0.3 is 6.09 Å². The van der Waals surface area contributed by atoms with Gasteiger partial charge in [0.1, 0.15) is 12.8 Å². The summed E-state index contributed by atoms with van der Waals surface area (Å²) in [7, 11) is 5.19. The highest BCUT2D eigenvalue weighted by atomic mass is 127. The largest absolute Gasteiger partial charge is 1.00 e. The molecule has 0 aliphatic heterocycles. The molecular formula is C9H13IN2O2. The van der Waals surface area contributed by atoms with Gasteiger partial charge in [-0.2, -0.15) is 0 Å². The van der Waals surface area contributed by atoms with Gasteiger partial charge in [0.2, 0.25) is 0 Å². The summed E-state index contributed by atoms with van der Waals surface area (Å²) in [6.07, 6.45) is 3.27. The maximum absolute atomic E-state index is 11.1. The van der Waals surface area contributed by atoms with E-state index in [2.05, 4.69) is 0 Å². The number of pyridine rings is 1. The number of hydrogen-bond acceptors (Lipinski definition) is 2. The molecule has 0 spiro atoms. The second-order valence-electron chi connectivity index (χ2n) is 2.96. The van der Waals surface area contributed by atoms with E-state index in [1.807, 2.05) is 24.0 Å². The third kappa shape index (κ3) is 3.91. The second-order valence-corrected chi connectivity index (χ2v) is 2.96. The van der Waals surface area contributed by atoms with Gasteiger partial charge in [0, 0.05) is 26.2 Å². The van der Waals surface area contributed by atoms with E-state index in [0.717, 1.165) is 0 Å². The number of rotatable bonds is 1. The number of carbonyl (C=O) groups excluding carboxylic acids is 1. The first-order chi connectivity index (χ1) is 6.09. The van der Waals surface area contributed by atoms with Crippen LogP contribution in [0.4, 0.5) is 4.79 Å². The van der Waals surface area contributed by atoms with Gasteiger partial charge < -0.3 is 33.6 Å². The summed E-state index contributed by atoms with van der Waals surface area (Å²) in [6.45, 7) is 0. The zero-order chi connectivity index (χ0) is 9.84. The molecule has 0 unspecified atom stereocenters. The van der Waals surface area contributed by atoms with E-state index in [0.29, 0.717) is 5.75 Å². The Balaban J connectivity index is 0.00000169. The van der Waals surface area contributed by atoms with Crippen molar-refractivity contribution in [3.8, 4) is 5.75 Å². The van der Waals surface area contributed by atoms with Gasteiger partial charge in [-0.3, -0.25) is 0 Å². The topological polar surface area (TPSA) is 33.4 Å². The van der Waals surface area contributed by atoms with Crippen LogP contribution in [-0.2, 0) is 7.05 Å². The van der Waals surface area contributed by atoms with Crippen molar-refractivity contribution in [1.29, 1.82) is 0 Å². The molecule has 0 fully saturated rings. The first-order valence-electron chi connectivity index (χ1n) is 3.94. The smallest absolute Gasteiger partial charge is 0.414 e. The Labute approximate surface area is 100 Å². The zero-order valence-corrected chi connectivity index (χ0v) is 10.6. The van der Waals surface area contributed by atoms with Gasteiger partial charge in [0.25, 0.3) is 0 Å². The molecule has 4 nitrogen and oxygen atoms in total. The molecule has 14 heavy (non-hydrogen) atoms. The molecule has 0 N–H and O–H groups in total. The molecule has 1 rings (SSSR count). The van der Waals surface area contributed by atoms with E-state index >= 15 is 0 Å². The molecule has 5 heteroatoms. The fourth-order valence-corrected chi connectivity index (χ4v) is 0.747. The fraction of sp³-hybridized carbons (Fsp3) is 0.333. The summed E-state index contributed by atoms with van der Waals surface area (Å²) >= 11 is 0. The lowest BCUT2D eigenvalue weighted by Gasteiger charge is -2.09. The molecule has 0 aromatic carbocycles. The molecule has 1 amide bonds. The van der Waals surface area contributed by atoms with E-state index in [1.165, 1.54) is 4.90 Å². The minimum atomic E-state index is -0.367. The molecule has 1 aromatic heterocycles. The molecule has 1 aromatic rings. The number of aryl methyl sites for hydroxylation is 1.